The highest BCUT2D eigenvalue weighted by molar-refractivity contribution is 7.58. The molecule has 0 aromatic heterocycles. The number of alkyl carbamates (subject to hydrolysis) is 1. The molecule has 2 rings (SSSR count). The van der Waals surface area contributed by atoms with Crippen LogP contribution in [0, 0.1) is 5.92 Å². The number of benzene rings is 2. The Morgan fingerprint density at radius 2 is 1.59 bits per heavy atom. The molecule has 0 heterocycles. The van der Waals surface area contributed by atoms with Crippen molar-refractivity contribution < 1.29 is 28.9 Å². The van der Waals surface area contributed by atoms with E-state index in [0.717, 1.165) is 11.1 Å². The number of aliphatic carboxylic acids is 1. The Bertz CT molecular complexity index is 843. The fraction of sp³-hybridized carbons (Fsp3) is 0.333. The largest absolute Gasteiger partial charge is 0.481 e. The van der Waals surface area contributed by atoms with Crippen LogP contribution >= 0.6 is 7.37 Å². The van der Waals surface area contributed by atoms with Crippen molar-refractivity contribution in [1.82, 2.24) is 5.32 Å². The summed E-state index contributed by atoms with van der Waals surface area (Å²) in [5.41, 5.74) is 1.56. The van der Waals surface area contributed by atoms with Gasteiger partial charge >= 0.3 is 12.1 Å². The molecule has 8 heteroatoms. The van der Waals surface area contributed by atoms with Crippen LogP contribution < -0.4 is 5.32 Å². The van der Waals surface area contributed by atoms with Gasteiger partial charge < -0.3 is 20.1 Å². The first-order valence-corrected chi connectivity index (χ1v) is 11.3. The zero-order chi connectivity index (χ0) is 21.3. The Labute approximate surface area is 170 Å². The number of ether oxygens (including phenoxy) is 1. The minimum atomic E-state index is -3.99. The van der Waals surface area contributed by atoms with Crippen molar-refractivity contribution in [3.63, 3.8) is 0 Å². The normalized spacial score (nSPS) is 15.0. The summed E-state index contributed by atoms with van der Waals surface area (Å²) in [7, 11) is -3.99. The monoisotopic (exact) mass is 419 g/mol. The van der Waals surface area contributed by atoms with E-state index in [1.54, 1.807) is 43.3 Å². The number of carboxylic acids is 1. The molecule has 0 aliphatic carbocycles. The maximum absolute atomic E-state index is 12.9. The average molecular weight is 419 g/mol. The number of carbonyl (C=O) groups excluding carboxylic acids is 1. The number of carboxylic acid groups (broad SMARTS) is 1. The van der Waals surface area contributed by atoms with E-state index in [2.05, 4.69) is 5.32 Å². The third kappa shape index (κ3) is 7.37. The Balaban J connectivity index is 1.98. The summed E-state index contributed by atoms with van der Waals surface area (Å²) >= 11 is 0. The molecule has 0 saturated carbocycles. The lowest BCUT2D eigenvalue weighted by Crippen LogP contribution is -2.36. The van der Waals surface area contributed by atoms with Crippen molar-refractivity contribution in [2.45, 2.75) is 32.2 Å². The van der Waals surface area contributed by atoms with Crippen molar-refractivity contribution in [3.8, 4) is 0 Å². The Hall–Kier alpha value is -2.63. The molecule has 3 unspecified atom stereocenters. The smallest absolute Gasteiger partial charge is 0.408 e. The van der Waals surface area contributed by atoms with Gasteiger partial charge in [0, 0.05) is 6.16 Å². The second kappa shape index (κ2) is 10.8. The van der Waals surface area contributed by atoms with Crippen LogP contribution in [0.5, 0.6) is 0 Å². The molecule has 0 spiro atoms. The number of hydrogen-bond donors (Lipinski definition) is 3. The number of nitrogens with one attached hydrogen (secondary N) is 1. The first-order valence-electron chi connectivity index (χ1n) is 9.37. The van der Waals surface area contributed by atoms with Crippen molar-refractivity contribution >= 4 is 19.4 Å². The molecule has 0 aliphatic rings. The van der Waals surface area contributed by atoms with E-state index < -0.39 is 37.3 Å². The van der Waals surface area contributed by atoms with Gasteiger partial charge in [0.15, 0.2) is 0 Å². The molecule has 156 valence electrons. The van der Waals surface area contributed by atoms with Crippen molar-refractivity contribution in [1.29, 1.82) is 0 Å². The summed E-state index contributed by atoms with van der Waals surface area (Å²) in [4.78, 5) is 34.2. The van der Waals surface area contributed by atoms with Crippen LogP contribution in [0.15, 0.2) is 60.7 Å². The molecule has 7 nitrogen and oxygen atoms in total. The summed E-state index contributed by atoms with van der Waals surface area (Å²) in [6, 6.07) is 18.0. The molecule has 0 bridgehead atoms. The van der Waals surface area contributed by atoms with E-state index >= 15 is 0 Å². The van der Waals surface area contributed by atoms with Crippen molar-refractivity contribution in [2.24, 2.45) is 5.92 Å². The molecule has 3 N–H and O–H groups in total. The fourth-order valence-corrected chi connectivity index (χ4v) is 5.01. The first kappa shape index (κ1) is 22.7. The molecule has 2 aromatic rings. The summed E-state index contributed by atoms with van der Waals surface area (Å²) in [5.74, 6) is -3.27. The second-order valence-electron chi connectivity index (χ2n) is 6.79. The quantitative estimate of drug-likeness (QED) is 0.504. The van der Waals surface area contributed by atoms with Gasteiger partial charge in [-0.25, -0.2) is 4.79 Å². The van der Waals surface area contributed by atoms with Crippen LogP contribution in [0.1, 0.15) is 24.5 Å². The Morgan fingerprint density at radius 3 is 2.10 bits per heavy atom. The first-order chi connectivity index (χ1) is 13.8. The molecule has 0 radical (unpaired) electrons. The van der Waals surface area contributed by atoms with Gasteiger partial charge in [-0.05, 0) is 24.0 Å². The minimum absolute atomic E-state index is 0.0323. The van der Waals surface area contributed by atoms with E-state index in [0.29, 0.717) is 0 Å². The summed E-state index contributed by atoms with van der Waals surface area (Å²) in [6.07, 6.45) is -0.944. The standard InChI is InChI=1S/C21H26NO6P/c1-2-19(22-21(25)28-14-17-11-7-4-8-12-17)29(26,27)15-18(20(23)24)13-16-9-5-3-6-10-16/h3-12,18-19H,2,13-15H2,1H3,(H,22,25)(H,23,24)(H,26,27). The van der Waals surface area contributed by atoms with Gasteiger partial charge in [0.25, 0.3) is 0 Å². The van der Waals surface area contributed by atoms with Crippen LogP contribution in [0.25, 0.3) is 0 Å². The molecule has 29 heavy (non-hydrogen) atoms. The van der Waals surface area contributed by atoms with E-state index in [9.17, 15) is 24.2 Å². The topological polar surface area (TPSA) is 113 Å². The van der Waals surface area contributed by atoms with Gasteiger partial charge in [-0.15, -0.1) is 0 Å². The number of carbonyl (C=O) groups is 2. The van der Waals surface area contributed by atoms with E-state index in [4.69, 9.17) is 4.74 Å². The average Bonchev–Trinajstić information content (AvgIpc) is 2.71. The predicted molar refractivity (Wildman–Crippen MR) is 110 cm³/mol. The van der Waals surface area contributed by atoms with Crippen LogP contribution in [-0.2, 0) is 27.1 Å². The summed E-state index contributed by atoms with van der Waals surface area (Å²) in [5, 5.41) is 11.9. The zero-order valence-electron chi connectivity index (χ0n) is 16.2. The third-order valence-electron chi connectivity index (χ3n) is 4.53. The molecule has 0 fully saturated rings. The lowest BCUT2D eigenvalue weighted by atomic mass is 10.0. The highest BCUT2D eigenvalue weighted by Crippen LogP contribution is 2.48. The van der Waals surface area contributed by atoms with Gasteiger partial charge in [-0.2, -0.15) is 0 Å². The zero-order valence-corrected chi connectivity index (χ0v) is 17.1. The van der Waals surface area contributed by atoms with Crippen LogP contribution in [0.3, 0.4) is 0 Å². The van der Waals surface area contributed by atoms with Gasteiger partial charge in [0.2, 0.25) is 7.37 Å². The second-order valence-corrected chi connectivity index (χ2v) is 9.29. The van der Waals surface area contributed by atoms with Gasteiger partial charge in [-0.1, -0.05) is 67.6 Å². The molecular formula is C21H26NO6P. The summed E-state index contributed by atoms with van der Waals surface area (Å²) in [6.45, 7) is 1.68. The van der Waals surface area contributed by atoms with Crippen LogP contribution in [0.2, 0.25) is 0 Å². The fourth-order valence-electron chi connectivity index (χ4n) is 2.96. The van der Waals surface area contributed by atoms with Crippen molar-refractivity contribution in [3.05, 3.63) is 71.8 Å². The Kier molecular flexibility index (Phi) is 8.43. The van der Waals surface area contributed by atoms with Gasteiger partial charge in [0.05, 0.1) is 5.92 Å². The van der Waals surface area contributed by atoms with E-state index in [1.807, 2.05) is 24.3 Å². The van der Waals surface area contributed by atoms with E-state index in [1.165, 1.54) is 0 Å². The van der Waals surface area contributed by atoms with Crippen molar-refractivity contribution in [2.75, 3.05) is 6.16 Å². The highest BCUT2D eigenvalue weighted by atomic mass is 31.2. The lowest BCUT2D eigenvalue weighted by Gasteiger charge is -2.25. The minimum Gasteiger partial charge on any atom is -0.481 e. The molecule has 0 saturated heterocycles. The third-order valence-corrected chi connectivity index (χ3v) is 6.96. The van der Waals surface area contributed by atoms with Gasteiger partial charge in [0.1, 0.15) is 12.4 Å². The van der Waals surface area contributed by atoms with Crippen LogP contribution in [-0.4, -0.2) is 34.0 Å². The molecule has 3 atom stereocenters. The highest BCUT2D eigenvalue weighted by Gasteiger charge is 2.36. The molecule has 0 aliphatic heterocycles. The molecule has 1 amide bonds. The number of hydrogen-bond acceptors (Lipinski definition) is 4. The SMILES string of the molecule is CCC(NC(=O)OCc1ccccc1)P(=O)(O)CC(Cc1ccccc1)C(=O)O. The maximum Gasteiger partial charge on any atom is 0.408 e. The predicted octanol–water partition coefficient (Wildman–Crippen LogP) is 3.86. The van der Waals surface area contributed by atoms with E-state index in [-0.39, 0.29) is 19.4 Å². The molecular weight excluding hydrogens is 393 g/mol. The summed E-state index contributed by atoms with van der Waals surface area (Å²) < 4.78 is 18.0. The van der Waals surface area contributed by atoms with Gasteiger partial charge in [-0.3, -0.25) is 9.36 Å². The Morgan fingerprint density at radius 1 is 1.03 bits per heavy atom. The number of rotatable bonds is 10. The maximum atomic E-state index is 12.9. The number of amides is 1. The molecule has 2 aromatic carbocycles. The lowest BCUT2D eigenvalue weighted by molar-refractivity contribution is -0.141. The van der Waals surface area contributed by atoms with Crippen LogP contribution in [0.4, 0.5) is 4.79 Å².